The van der Waals surface area contributed by atoms with E-state index in [2.05, 4.69) is 23.1 Å². The highest BCUT2D eigenvalue weighted by molar-refractivity contribution is 5.29. The molecule has 4 atom stereocenters. The molecule has 25 heavy (non-hydrogen) atoms. The van der Waals surface area contributed by atoms with Gasteiger partial charge < -0.3 is 15.1 Å². The maximum absolute atomic E-state index is 11.8. The Hall–Kier alpha value is -1.68. The van der Waals surface area contributed by atoms with Crippen LogP contribution in [0.4, 0.5) is 0 Å². The van der Waals surface area contributed by atoms with Crippen LogP contribution in [-0.4, -0.2) is 34.7 Å². The molecule has 132 valence electrons. The highest BCUT2D eigenvalue weighted by Crippen LogP contribution is 2.46. The lowest BCUT2D eigenvalue weighted by Gasteiger charge is -2.39. The van der Waals surface area contributed by atoms with Gasteiger partial charge in [-0.1, -0.05) is 54.6 Å². The monoisotopic (exact) mass is 337 g/mol. The second-order valence-electron chi connectivity index (χ2n) is 7.63. The summed E-state index contributed by atoms with van der Waals surface area (Å²) in [7, 11) is 0. The summed E-state index contributed by atoms with van der Waals surface area (Å²) in [5.41, 5.74) is 2.34. The maximum atomic E-state index is 11.8. The van der Waals surface area contributed by atoms with Crippen molar-refractivity contribution in [1.82, 2.24) is 4.90 Å². The molecular formula is C22H27NO2. The van der Waals surface area contributed by atoms with Gasteiger partial charge in [0.15, 0.2) is 0 Å². The molecular weight excluding hydrogens is 310 g/mol. The van der Waals surface area contributed by atoms with Crippen molar-refractivity contribution in [1.29, 1.82) is 0 Å². The van der Waals surface area contributed by atoms with E-state index in [0.29, 0.717) is 18.3 Å². The molecule has 2 N–H and O–H groups in total. The number of hydrogen-bond acceptors (Lipinski definition) is 3. The molecule has 4 unspecified atom stereocenters. The molecule has 0 aromatic heterocycles. The number of hydrogen-bond donors (Lipinski definition) is 2. The van der Waals surface area contributed by atoms with Gasteiger partial charge in [-0.25, -0.2) is 0 Å². The first-order chi connectivity index (χ1) is 12.2. The summed E-state index contributed by atoms with van der Waals surface area (Å²) in [5, 5.41) is 21.4. The van der Waals surface area contributed by atoms with E-state index in [4.69, 9.17) is 0 Å². The highest BCUT2D eigenvalue weighted by Gasteiger charge is 2.49. The molecule has 3 heteroatoms. The fraction of sp³-hybridized carbons (Fsp3) is 0.455. The number of rotatable bonds is 6. The third-order valence-corrected chi connectivity index (χ3v) is 6.28. The van der Waals surface area contributed by atoms with E-state index >= 15 is 0 Å². The van der Waals surface area contributed by atoms with Gasteiger partial charge in [0, 0.05) is 19.0 Å². The predicted octanol–water partition coefficient (Wildman–Crippen LogP) is 2.95. The number of aliphatic hydroxyl groups is 2. The minimum Gasteiger partial charge on any atom is -0.392 e. The number of fused-ring (bicyclic) bond motifs is 2. The molecule has 2 saturated heterocycles. The van der Waals surface area contributed by atoms with Crippen LogP contribution in [0.5, 0.6) is 0 Å². The van der Waals surface area contributed by atoms with Gasteiger partial charge in [-0.15, -0.1) is 0 Å². The second-order valence-corrected chi connectivity index (χ2v) is 7.63. The minimum absolute atomic E-state index is 0.0553. The fourth-order valence-electron chi connectivity index (χ4n) is 4.88. The summed E-state index contributed by atoms with van der Waals surface area (Å²) in [5.74, 6) is 0.892. The van der Waals surface area contributed by atoms with Gasteiger partial charge in [0.2, 0.25) is 0 Å². The topological polar surface area (TPSA) is 43.7 Å². The number of piperidine rings is 1. The molecule has 2 heterocycles. The SMILES string of the molecule is OCc1ccccc1CCC(O)(c1ccccc1)C1CN2CCC1C2. The molecule has 4 rings (SSSR count). The van der Waals surface area contributed by atoms with Crippen molar-refractivity contribution >= 4 is 0 Å². The minimum atomic E-state index is -0.802. The van der Waals surface area contributed by atoms with Crippen LogP contribution >= 0.6 is 0 Å². The van der Waals surface area contributed by atoms with E-state index < -0.39 is 5.60 Å². The average molecular weight is 337 g/mol. The Bertz CT molecular complexity index is 717. The molecule has 0 saturated carbocycles. The molecule has 2 bridgehead atoms. The van der Waals surface area contributed by atoms with E-state index in [-0.39, 0.29) is 6.61 Å². The zero-order chi connectivity index (χ0) is 17.3. The second kappa shape index (κ2) is 6.91. The predicted molar refractivity (Wildman–Crippen MR) is 99.1 cm³/mol. The first kappa shape index (κ1) is 16.8. The summed E-state index contributed by atoms with van der Waals surface area (Å²) >= 11 is 0. The van der Waals surface area contributed by atoms with Crippen molar-refractivity contribution in [3.8, 4) is 0 Å². The molecule has 2 fully saturated rings. The molecule has 0 amide bonds. The van der Waals surface area contributed by atoms with E-state index in [1.807, 2.05) is 36.4 Å². The van der Waals surface area contributed by atoms with Crippen molar-refractivity contribution < 1.29 is 10.2 Å². The van der Waals surface area contributed by atoms with Gasteiger partial charge in [0.25, 0.3) is 0 Å². The standard InChI is InChI=1S/C22H27NO2/c24-16-19-7-5-4-6-17(19)10-12-22(25,20-8-2-1-3-9-20)21-15-23-13-11-18(21)14-23/h1-9,18,21,24-25H,10-16H2. The Kier molecular flexibility index (Phi) is 4.63. The van der Waals surface area contributed by atoms with Crippen LogP contribution < -0.4 is 0 Å². The molecule has 0 spiro atoms. The lowest BCUT2D eigenvalue weighted by molar-refractivity contribution is -0.0495. The summed E-state index contributed by atoms with van der Waals surface area (Å²) in [4.78, 5) is 2.49. The molecule has 2 aromatic rings. The smallest absolute Gasteiger partial charge is 0.0943 e. The van der Waals surface area contributed by atoms with Crippen molar-refractivity contribution in [2.45, 2.75) is 31.5 Å². The van der Waals surface area contributed by atoms with Crippen molar-refractivity contribution in [3.05, 3.63) is 71.3 Å². The zero-order valence-corrected chi connectivity index (χ0v) is 14.6. The first-order valence-corrected chi connectivity index (χ1v) is 9.38. The van der Waals surface area contributed by atoms with Crippen molar-refractivity contribution in [2.75, 3.05) is 19.6 Å². The van der Waals surface area contributed by atoms with E-state index in [1.165, 1.54) is 13.0 Å². The fourth-order valence-corrected chi connectivity index (χ4v) is 4.88. The Morgan fingerprint density at radius 1 is 0.960 bits per heavy atom. The van der Waals surface area contributed by atoms with Crippen LogP contribution in [0, 0.1) is 11.8 Å². The Morgan fingerprint density at radius 2 is 1.68 bits per heavy atom. The lowest BCUT2D eigenvalue weighted by atomic mass is 9.71. The van der Waals surface area contributed by atoms with Gasteiger partial charge in [-0.3, -0.25) is 0 Å². The number of aliphatic hydroxyl groups excluding tert-OH is 1. The highest BCUT2D eigenvalue weighted by atomic mass is 16.3. The molecule has 0 aliphatic carbocycles. The molecule has 2 aliphatic rings. The van der Waals surface area contributed by atoms with E-state index in [0.717, 1.165) is 36.2 Å². The number of nitrogens with zero attached hydrogens (tertiary/aromatic N) is 1. The molecule has 3 nitrogen and oxygen atoms in total. The van der Waals surface area contributed by atoms with Crippen LogP contribution in [0.25, 0.3) is 0 Å². The third kappa shape index (κ3) is 3.12. The van der Waals surface area contributed by atoms with Crippen LogP contribution in [0.2, 0.25) is 0 Å². The molecule has 2 aliphatic heterocycles. The van der Waals surface area contributed by atoms with Gasteiger partial charge in [-0.05, 0) is 48.4 Å². The molecule has 0 radical (unpaired) electrons. The summed E-state index contributed by atoms with van der Waals surface area (Å²) in [6.45, 7) is 3.36. The van der Waals surface area contributed by atoms with Crippen molar-refractivity contribution in [2.24, 2.45) is 11.8 Å². The van der Waals surface area contributed by atoms with Crippen molar-refractivity contribution in [3.63, 3.8) is 0 Å². The lowest BCUT2D eigenvalue weighted by Crippen LogP contribution is -2.42. The van der Waals surface area contributed by atoms with Crippen LogP contribution in [0.15, 0.2) is 54.6 Å². The van der Waals surface area contributed by atoms with Crippen LogP contribution in [-0.2, 0) is 18.6 Å². The van der Waals surface area contributed by atoms with Gasteiger partial charge >= 0.3 is 0 Å². The summed E-state index contributed by atoms with van der Waals surface area (Å²) in [6, 6.07) is 18.2. The normalized spacial score (nSPS) is 27.4. The Labute approximate surface area is 149 Å². The van der Waals surface area contributed by atoms with E-state index in [1.54, 1.807) is 0 Å². The summed E-state index contributed by atoms with van der Waals surface area (Å²) in [6.07, 6.45) is 2.68. The van der Waals surface area contributed by atoms with Gasteiger partial charge in [0.05, 0.1) is 12.2 Å². The largest absolute Gasteiger partial charge is 0.392 e. The first-order valence-electron chi connectivity index (χ1n) is 9.38. The zero-order valence-electron chi connectivity index (χ0n) is 14.6. The number of benzene rings is 2. The maximum Gasteiger partial charge on any atom is 0.0943 e. The summed E-state index contributed by atoms with van der Waals surface area (Å²) < 4.78 is 0. The van der Waals surface area contributed by atoms with Crippen LogP contribution in [0.3, 0.4) is 0 Å². The number of aryl methyl sites for hydroxylation is 1. The average Bonchev–Trinajstić information content (AvgIpc) is 3.31. The quantitative estimate of drug-likeness (QED) is 0.852. The van der Waals surface area contributed by atoms with E-state index in [9.17, 15) is 10.2 Å². The Balaban J connectivity index is 1.62. The van der Waals surface area contributed by atoms with Gasteiger partial charge in [0.1, 0.15) is 0 Å². The molecule has 2 aromatic carbocycles. The van der Waals surface area contributed by atoms with Gasteiger partial charge in [-0.2, -0.15) is 0 Å². The van der Waals surface area contributed by atoms with Crippen LogP contribution in [0.1, 0.15) is 29.5 Å². The Morgan fingerprint density at radius 3 is 2.32 bits per heavy atom. The third-order valence-electron chi connectivity index (χ3n) is 6.28.